The fourth-order valence-electron chi connectivity index (χ4n) is 2.12. The third-order valence-corrected chi connectivity index (χ3v) is 3.16. The largest absolute Gasteiger partial charge is 0.496 e. The van der Waals surface area contributed by atoms with Crippen LogP contribution in [0, 0.1) is 6.92 Å². The van der Waals surface area contributed by atoms with Crippen LogP contribution in [-0.2, 0) is 6.42 Å². The third-order valence-electron chi connectivity index (χ3n) is 3.16. The maximum atomic E-state index is 5.66. The fraction of sp³-hybridized carbons (Fsp3) is 0.267. The van der Waals surface area contributed by atoms with Crippen LogP contribution in [0.4, 0.5) is 0 Å². The molecular formula is C15H19N3O. The van der Waals surface area contributed by atoms with Crippen LogP contribution in [0.3, 0.4) is 0 Å². The third kappa shape index (κ3) is 3.30. The van der Waals surface area contributed by atoms with Gasteiger partial charge in [0.2, 0.25) is 0 Å². The minimum absolute atomic E-state index is 0.0412. The highest BCUT2D eigenvalue weighted by molar-refractivity contribution is 5.37. The van der Waals surface area contributed by atoms with E-state index in [0.29, 0.717) is 0 Å². The lowest BCUT2D eigenvalue weighted by Crippen LogP contribution is -2.29. The Morgan fingerprint density at radius 3 is 2.74 bits per heavy atom. The van der Waals surface area contributed by atoms with Crippen molar-refractivity contribution in [2.45, 2.75) is 19.4 Å². The minimum Gasteiger partial charge on any atom is -0.496 e. The summed E-state index contributed by atoms with van der Waals surface area (Å²) in [5, 5.41) is 0. The molecule has 1 heterocycles. The van der Waals surface area contributed by atoms with Gasteiger partial charge >= 0.3 is 0 Å². The zero-order valence-electron chi connectivity index (χ0n) is 11.3. The average molecular weight is 257 g/mol. The Morgan fingerprint density at radius 2 is 2.16 bits per heavy atom. The van der Waals surface area contributed by atoms with Crippen molar-refractivity contribution in [3.05, 3.63) is 59.4 Å². The van der Waals surface area contributed by atoms with Crippen LogP contribution in [0.5, 0.6) is 5.75 Å². The summed E-state index contributed by atoms with van der Waals surface area (Å²) in [6.45, 7) is 2.02. The maximum Gasteiger partial charge on any atom is 0.121 e. The number of nitrogens with one attached hydrogen (secondary N) is 1. The van der Waals surface area contributed by atoms with E-state index in [-0.39, 0.29) is 6.04 Å². The Labute approximate surface area is 113 Å². The predicted molar refractivity (Wildman–Crippen MR) is 75.7 cm³/mol. The first-order valence-electron chi connectivity index (χ1n) is 6.25. The van der Waals surface area contributed by atoms with Crippen LogP contribution in [0.2, 0.25) is 0 Å². The van der Waals surface area contributed by atoms with E-state index in [1.54, 1.807) is 13.3 Å². The van der Waals surface area contributed by atoms with Crippen LogP contribution < -0.4 is 16.0 Å². The molecule has 4 nitrogen and oxygen atoms in total. The number of aryl methyl sites for hydroxylation is 1. The van der Waals surface area contributed by atoms with Crippen molar-refractivity contribution < 1.29 is 4.74 Å². The molecular weight excluding hydrogens is 238 g/mol. The first kappa shape index (κ1) is 13.5. The van der Waals surface area contributed by atoms with Gasteiger partial charge in [-0.15, -0.1) is 0 Å². The first-order valence-corrected chi connectivity index (χ1v) is 6.25. The highest BCUT2D eigenvalue weighted by atomic mass is 16.5. The summed E-state index contributed by atoms with van der Waals surface area (Å²) in [5.74, 6) is 6.55. The topological polar surface area (TPSA) is 60.2 Å². The van der Waals surface area contributed by atoms with E-state index in [0.717, 1.165) is 29.0 Å². The summed E-state index contributed by atoms with van der Waals surface area (Å²) in [4.78, 5) is 4.33. The van der Waals surface area contributed by atoms with Crippen molar-refractivity contribution in [2.24, 2.45) is 5.84 Å². The van der Waals surface area contributed by atoms with Gasteiger partial charge in [-0.1, -0.05) is 18.2 Å². The number of nitrogens with two attached hydrogens (primary N) is 1. The molecule has 19 heavy (non-hydrogen) atoms. The highest BCUT2D eigenvalue weighted by Crippen LogP contribution is 2.23. The lowest BCUT2D eigenvalue weighted by atomic mass is 10.00. The number of hydrogen-bond donors (Lipinski definition) is 2. The molecule has 4 heteroatoms. The summed E-state index contributed by atoms with van der Waals surface area (Å²) >= 11 is 0. The van der Waals surface area contributed by atoms with Crippen molar-refractivity contribution in [2.75, 3.05) is 7.11 Å². The number of hydrogen-bond acceptors (Lipinski definition) is 4. The van der Waals surface area contributed by atoms with E-state index in [1.165, 1.54) is 0 Å². The molecule has 0 aliphatic carbocycles. The Bertz CT molecular complexity index is 528. The normalized spacial score (nSPS) is 12.2. The maximum absolute atomic E-state index is 5.66. The molecule has 0 bridgehead atoms. The molecule has 2 aromatic rings. The SMILES string of the molecule is COc1ccc(C(Cc2ccccn2)NN)cc1C. The molecule has 1 atom stereocenters. The number of nitrogens with zero attached hydrogens (tertiary/aromatic N) is 1. The summed E-state index contributed by atoms with van der Waals surface area (Å²) in [6, 6.07) is 12.0. The number of ether oxygens (including phenoxy) is 1. The Hall–Kier alpha value is -1.91. The standard InChI is InChI=1S/C15H19N3O/c1-11-9-12(6-7-15(11)19-2)14(18-16)10-13-5-3-4-8-17-13/h3-9,14,18H,10,16H2,1-2H3. The van der Waals surface area contributed by atoms with E-state index in [4.69, 9.17) is 10.6 Å². The molecule has 2 rings (SSSR count). The van der Waals surface area contributed by atoms with Gasteiger partial charge in [0, 0.05) is 18.3 Å². The van der Waals surface area contributed by atoms with Gasteiger partial charge in [0.05, 0.1) is 13.2 Å². The van der Waals surface area contributed by atoms with E-state index in [1.807, 2.05) is 37.3 Å². The number of methoxy groups -OCH3 is 1. The number of pyridine rings is 1. The lowest BCUT2D eigenvalue weighted by Gasteiger charge is -2.17. The van der Waals surface area contributed by atoms with Crippen molar-refractivity contribution in [1.82, 2.24) is 10.4 Å². The van der Waals surface area contributed by atoms with Crippen molar-refractivity contribution >= 4 is 0 Å². The number of benzene rings is 1. The molecule has 0 radical (unpaired) electrons. The van der Waals surface area contributed by atoms with Gasteiger partial charge in [0.25, 0.3) is 0 Å². The molecule has 0 spiro atoms. The van der Waals surface area contributed by atoms with Gasteiger partial charge in [0.15, 0.2) is 0 Å². The van der Waals surface area contributed by atoms with Crippen LogP contribution in [0.15, 0.2) is 42.6 Å². The van der Waals surface area contributed by atoms with Crippen LogP contribution in [0.25, 0.3) is 0 Å². The Balaban J connectivity index is 2.20. The van der Waals surface area contributed by atoms with Gasteiger partial charge in [-0.3, -0.25) is 16.3 Å². The van der Waals surface area contributed by atoms with Crippen LogP contribution in [0.1, 0.15) is 22.9 Å². The first-order chi connectivity index (χ1) is 9.24. The van der Waals surface area contributed by atoms with E-state index < -0.39 is 0 Å². The number of hydrazine groups is 1. The average Bonchev–Trinajstić information content (AvgIpc) is 2.46. The molecule has 0 saturated heterocycles. The van der Waals surface area contributed by atoms with Gasteiger partial charge in [-0.05, 0) is 36.2 Å². The van der Waals surface area contributed by atoms with Crippen molar-refractivity contribution in [1.29, 1.82) is 0 Å². The molecule has 1 unspecified atom stereocenters. The quantitative estimate of drug-likeness (QED) is 0.636. The fourth-order valence-corrected chi connectivity index (χ4v) is 2.12. The van der Waals surface area contributed by atoms with E-state index in [9.17, 15) is 0 Å². The van der Waals surface area contributed by atoms with E-state index >= 15 is 0 Å². The second-order valence-corrected chi connectivity index (χ2v) is 4.47. The number of rotatable bonds is 5. The smallest absolute Gasteiger partial charge is 0.121 e. The molecule has 0 fully saturated rings. The van der Waals surface area contributed by atoms with Crippen LogP contribution in [-0.4, -0.2) is 12.1 Å². The summed E-state index contributed by atoms with van der Waals surface area (Å²) in [5.41, 5.74) is 6.09. The van der Waals surface area contributed by atoms with Gasteiger partial charge < -0.3 is 4.74 Å². The molecule has 0 aliphatic heterocycles. The van der Waals surface area contributed by atoms with Crippen LogP contribution >= 0.6 is 0 Å². The molecule has 1 aromatic heterocycles. The lowest BCUT2D eigenvalue weighted by molar-refractivity contribution is 0.411. The zero-order valence-corrected chi connectivity index (χ0v) is 11.3. The Morgan fingerprint density at radius 1 is 1.32 bits per heavy atom. The number of aromatic nitrogens is 1. The van der Waals surface area contributed by atoms with E-state index in [2.05, 4.69) is 16.5 Å². The second-order valence-electron chi connectivity index (χ2n) is 4.47. The molecule has 0 saturated carbocycles. The van der Waals surface area contributed by atoms with Crippen molar-refractivity contribution in [3.8, 4) is 5.75 Å². The predicted octanol–water partition coefficient (Wildman–Crippen LogP) is 2.15. The van der Waals surface area contributed by atoms with Gasteiger partial charge in [0.1, 0.15) is 5.75 Å². The highest BCUT2D eigenvalue weighted by Gasteiger charge is 2.12. The molecule has 0 aliphatic rings. The molecule has 3 N–H and O–H groups in total. The molecule has 100 valence electrons. The Kier molecular flexibility index (Phi) is 4.49. The molecule has 1 aromatic carbocycles. The van der Waals surface area contributed by atoms with Gasteiger partial charge in [-0.2, -0.15) is 0 Å². The minimum atomic E-state index is 0.0412. The summed E-state index contributed by atoms with van der Waals surface area (Å²) < 4.78 is 5.27. The zero-order chi connectivity index (χ0) is 13.7. The monoisotopic (exact) mass is 257 g/mol. The summed E-state index contributed by atoms with van der Waals surface area (Å²) in [6.07, 6.45) is 2.55. The van der Waals surface area contributed by atoms with Crippen molar-refractivity contribution in [3.63, 3.8) is 0 Å². The van der Waals surface area contributed by atoms with Gasteiger partial charge in [-0.25, -0.2) is 0 Å². The molecule has 0 amide bonds. The summed E-state index contributed by atoms with van der Waals surface area (Å²) in [7, 11) is 1.68. The second kappa shape index (κ2) is 6.31.